The van der Waals surface area contributed by atoms with E-state index < -0.39 is 0 Å². The van der Waals surface area contributed by atoms with Crippen molar-refractivity contribution in [1.82, 2.24) is 4.90 Å². The molecule has 2 aliphatic rings. The zero-order chi connectivity index (χ0) is 16.4. The van der Waals surface area contributed by atoms with Gasteiger partial charge in [-0.25, -0.2) is 0 Å². The van der Waals surface area contributed by atoms with Crippen LogP contribution >= 0.6 is 0 Å². The lowest BCUT2D eigenvalue weighted by Crippen LogP contribution is -2.34. The van der Waals surface area contributed by atoms with Crippen LogP contribution in [0.5, 0.6) is 0 Å². The van der Waals surface area contributed by atoms with E-state index in [1.165, 1.54) is 4.90 Å². The number of likely N-dealkylation sites (tertiary alicyclic amines) is 1. The van der Waals surface area contributed by atoms with Crippen LogP contribution in [0.15, 0.2) is 24.3 Å². The Morgan fingerprint density at radius 3 is 2.22 bits per heavy atom. The SMILES string of the molecule is Cc1ccc(NC(=O)CCN2C(=O)[C@H]3CCCC[C@@H]3C2=O)cc1. The summed E-state index contributed by atoms with van der Waals surface area (Å²) in [6, 6.07) is 7.53. The summed E-state index contributed by atoms with van der Waals surface area (Å²) in [6.07, 6.45) is 3.79. The third-order valence-corrected chi connectivity index (χ3v) is 4.83. The molecule has 23 heavy (non-hydrogen) atoms. The number of anilines is 1. The van der Waals surface area contributed by atoms with E-state index in [9.17, 15) is 14.4 Å². The summed E-state index contributed by atoms with van der Waals surface area (Å²) in [5, 5.41) is 2.80. The number of hydrogen-bond donors (Lipinski definition) is 1. The van der Waals surface area contributed by atoms with Crippen LogP contribution in [0, 0.1) is 18.8 Å². The van der Waals surface area contributed by atoms with Crippen molar-refractivity contribution in [3.05, 3.63) is 29.8 Å². The first kappa shape index (κ1) is 15.7. The maximum atomic E-state index is 12.3. The van der Waals surface area contributed by atoms with Crippen LogP contribution in [0.25, 0.3) is 0 Å². The lowest BCUT2D eigenvalue weighted by molar-refractivity contribution is -0.140. The summed E-state index contributed by atoms with van der Waals surface area (Å²) in [4.78, 5) is 38.0. The Kier molecular flexibility index (Phi) is 4.46. The zero-order valence-electron chi connectivity index (χ0n) is 13.4. The number of rotatable bonds is 4. The molecule has 1 aromatic rings. The number of hydrogen-bond acceptors (Lipinski definition) is 3. The van der Waals surface area contributed by atoms with E-state index in [1.807, 2.05) is 31.2 Å². The molecule has 3 amide bonds. The van der Waals surface area contributed by atoms with Crippen LogP contribution in [0.4, 0.5) is 5.69 Å². The number of imide groups is 1. The average Bonchev–Trinajstić information content (AvgIpc) is 2.80. The largest absolute Gasteiger partial charge is 0.326 e. The highest BCUT2D eigenvalue weighted by Crippen LogP contribution is 2.37. The van der Waals surface area contributed by atoms with Crippen molar-refractivity contribution in [2.24, 2.45) is 11.8 Å². The lowest BCUT2D eigenvalue weighted by atomic mass is 9.81. The van der Waals surface area contributed by atoms with Crippen LogP contribution in [0.3, 0.4) is 0 Å². The Bertz CT molecular complexity index is 600. The molecular formula is C18H22N2O3. The molecule has 5 nitrogen and oxygen atoms in total. The Hall–Kier alpha value is -2.17. The van der Waals surface area contributed by atoms with Gasteiger partial charge in [-0.05, 0) is 31.9 Å². The van der Waals surface area contributed by atoms with Gasteiger partial charge in [-0.15, -0.1) is 0 Å². The van der Waals surface area contributed by atoms with Gasteiger partial charge in [-0.3, -0.25) is 19.3 Å². The van der Waals surface area contributed by atoms with Crippen LogP contribution in [-0.2, 0) is 14.4 Å². The predicted molar refractivity (Wildman–Crippen MR) is 86.6 cm³/mol. The fraction of sp³-hybridized carbons (Fsp3) is 0.500. The van der Waals surface area contributed by atoms with Gasteiger partial charge in [0.15, 0.2) is 0 Å². The number of nitrogens with zero attached hydrogens (tertiary/aromatic N) is 1. The van der Waals surface area contributed by atoms with E-state index in [4.69, 9.17) is 0 Å². The highest BCUT2D eigenvalue weighted by molar-refractivity contribution is 6.05. The molecule has 2 fully saturated rings. The van der Waals surface area contributed by atoms with E-state index in [2.05, 4.69) is 5.32 Å². The van der Waals surface area contributed by atoms with E-state index in [-0.39, 0.29) is 42.5 Å². The number of carbonyl (C=O) groups excluding carboxylic acids is 3. The standard InChI is InChI=1S/C18H22N2O3/c1-12-6-8-13(9-7-12)19-16(21)10-11-20-17(22)14-4-2-3-5-15(14)18(20)23/h6-9,14-15H,2-5,10-11H2,1H3,(H,19,21)/t14-,15-/m0/s1. The second-order valence-electron chi connectivity index (χ2n) is 6.49. The third kappa shape index (κ3) is 3.28. The fourth-order valence-corrected chi connectivity index (χ4v) is 3.53. The van der Waals surface area contributed by atoms with Crippen molar-refractivity contribution in [2.75, 3.05) is 11.9 Å². The molecule has 1 N–H and O–H groups in total. The molecule has 1 saturated heterocycles. The minimum atomic E-state index is -0.177. The first-order valence-corrected chi connectivity index (χ1v) is 8.28. The molecule has 1 heterocycles. The molecule has 1 saturated carbocycles. The van der Waals surface area contributed by atoms with E-state index in [0.717, 1.165) is 36.9 Å². The Labute approximate surface area is 136 Å². The smallest absolute Gasteiger partial charge is 0.233 e. The summed E-state index contributed by atoms with van der Waals surface area (Å²) in [7, 11) is 0. The molecule has 0 radical (unpaired) electrons. The number of amides is 3. The van der Waals surface area contributed by atoms with Gasteiger partial charge in [0.2, 0.25) is 17.7 Å². The molecule has 1 aliphatic heterocycles. The van der Waals surface area contributed by atoms with Gasteiger partial charge in [0, 0.05) is 18.7 Å². The summed E-state index contributed by atoms with van der Waals surface area (Å²) >= 11 is 0. The number of benzene rings is 1. The molecule has 1 aliphatic carbocycles. The topological polar surface area (TPSA) is 66.5 Å². The van der Waals surface area contributed by atoms with Crippen LogP contribution in [-0.4, -0.2) is 29.2 Å². The second-order valence-corrected chi connectivity index (χ2v) is 6.49. The Morgan fingerprint density at radius 2 is 1.65 bits per heavy atom. The van der Waals surface area contributed by atoms with Crippen molar-refractivity contribution in [3.63, 3.8) is 0 Å². The minimum absolute atomic E-state index is 0.0807. The molecule has 0 spiro atoms. The van der Waals surface area contributed by atoms with Crippen molar-refractivity contribution in [1.29, 1.82) is 0 Å². The summed E-state index contributed by atoms with van der Waals surface area (Å²) in [6.45, 7) is 2.16. The van der Waals surface area contributed by atoms with Gasteiger partial charge >= 0.3 is 0 Å². The molecule has 0 aromatic heterocycles. The van der Waals surface area contributed by atoms with Crippen molar-refractivity contribution >= 4 is 23.4 Å². The van der Waals surface area contributed by atoms with Gasteiger partial charge < -0.3 is 5.32 Å². The Balaban J connectivity index is 1.55. The minimum Gasteiger partial charge on any atom is -0.326 e. The van der Waals surface area contributed by atoms with Gasteiger partial charge in [0.25, 0.3) is 0 Å². The monoisotopic (exact) mass is 314 g/mol. The maximum absolute atomic E-state index is 12.3. The summed E-state index contributed by atoms with van der Waals surface area (Å²) in [5.74, 6) is -0.622. The highest BCUT2D eigenvalue weighted by Gasteiger charge is 2.47. The molecule has 1 aromatic carbocycles. The quantitative estimate of drug-likeness (QED) is 0.868. The highest BCUT2D eigenvalue weighted by atomic mass is 16.2. The van der Waals surface area contributed by atoms with Crippen molar-refractivity contribution in [2.45, 2.75) is 39.0 Å². The van der Waals surface area contributed by atoms with Crippen LogP contribution in [0.1, 0.15) is 37.7 Å². The molecule has 3 rings (SSSR count). The average molecular weight is 314 g/mol. The van der Waals surface area contributed by atoms with Gasteiger partial charge in [0.1, 0.15) is 0 Å². The lowest BCUT2D eigenvalue weighted by Gasteiger charge is -2.19. The van der Waals surface area contributed by atoms with Gasteiger partial charge in [-0.1, -0.05) is 30.5 Å². The van der Waals surface area contributed by atoms with Gasteiger partial charge in [-0.2, -0.15) is 0 Å². The normalized spacial score (nSPS) is 23.8. The number of fused-ring (bicyclic) bond motifs is 1. The number of aryl methyl sites for hydroxylation is 1. The molecule has 0 bridgehead atoms. The third-order valence-electron chi connectivity index (χ3n) is 4.83. The summed E-state index contributed by atoms with van der Waals surface area (Å²) in [5.41, 5.74) is 1.85. The molecular weight excluding hydrogens is 292 g/mol. The molecule has 5 heteroatoms. The number of carbonyl (C=O) groups is 3. The summed E-state index contributed by atoms with van der Waals surface area (Å²) < 4.78 is 0. The molecule has 0 unspecified atom stereocenters. The van der Waals surface area contributed by atoms with E-state index in [0.29, 0.717) is 0 Å². The van der Waals surface area contributed by atoms with Crippen LogP contribution in [0.2, 0.25) is 0 Å². The number of nitrogens with one attached hydrogen (secondary N) is 1. The zero-order valence-corrected chi connectivity index (χ0v) is 13.4. The van der Waals surface area contributed by atoms with E-state index >= 15 is 0 Å². The molecule has 2 atom stereocenters. The van der Waals surface area contributed by atoms with Gasteiger partial charge in [0.05, 0.1) is 11.8 Å². The maximum Gasteiger partial charge on any atom is 0.233 e. The van der Waals surface area contributed by atoms with Crippen molar-refractivity contribution in [3.8, 4) is 0 Å². The first-order valence-electron chi connectivity index (χ1n) is 8.28. The molecule has 122 valence electrons. The second kappa shape index (κ2) is 6.52. The Morgan fingerprint density at radius 1 is 1.09 bits per heavy atom. The predicted octanol–water partition coefficient (Wildman–Crippen LogP) is 2.50. The van der Waals surface area contributed by atoms with E-state index in [1.54, 1.807) is 0 Å². The fourth-order valence-electron chi connectivity index (χ4n) is 3.53. The first-order chi connectivity index (χ1) is 11.1. The van der Waals surface area contributed by atoms with Crippen molar-refractivity contribution < 1.29 is 14.4 Å². The van der Waals surface area contributed by atoms with Crippen LogP contribution < -0.4 is 5.32 Å².